The van der Waals surface area contributed by atoms with Crippen LogP contribution in [0.1, 0.15) is 49.7 Å². The van der Waals surface area contributed by atoms with E-state index in [1.54, 1.807) is 25.1 Å². The molecule has 1 saturated carbocycles. The maximum Gasteiger partial charge on any atom is 0.314 e. The minimum Gasteiger partial charge on any atom is -0.494 e. The second-order valence-corrected chi connectivity index (χ2v) is 7.79. The van der Waals surface area contributed by atoms with E-state index in [0.717, 1.165) is 5.56 Å². The predicted molar refractivity (Wildman–Crippen MR) is 113 cm³/mol. The van der Waals surface area contributed by atoms with Crippen molar-refractivity contribution in [2.24, 2.45) is 5.92 Å². The molecule has 33 heavy (non-hydrogen) atoms. The first-order valence-electron chi connectivity index (χ1n) is 10.5. The highest BCUT2D eigenvalue weighted by atomic mass is 19.2. The summed E-state index contributed by atoms with van der Waals surface area (Å²) in [5.74, 6) is -7.80. The molecule has 2 aromatic rings. The summed E-state index contributed by atoms with van der Waals surface area (Å²) >= 11 is 0. The van der Waals surface area contributed by atoms with E-state index in [1.165, 1.54) is 18.4 Å². The Morgan fingerprint density at radius 3 is 2.18 bits per heavy atom. The van der Waals surface area contributed by atoms with Crippen molar-refractivity contribution in [2.45, 2.75) is 38.5 Å². The SMILES string of the molecule is CC=COCC(F)=C(F)c1ccc(C2CCC(C(=O)Oc3cc(F)c(F)c(F)c3)CC2)cc1. The molecule has 0 atom stereocenters. The highest BCUT2D eigenvalue weighted by Crippen LogP contribution is 2.37. The monoisotopic (exact) mass is 466 g/mol. The third-order valence-corrected chi connectivity index (χ3v) is 5.55. The molecular weight excluding hydrogens is 443 g/mol. The van der Waals surface area contributed by atoms with Crippen molar-refractivity contribution in [3.05, 3.63) is 83.1 Å². The number of halogens is 5. The van der Waals surface area contributed by atoms with Gasteiger partial charge in [-0.05, 0) is 44.1 Å². The molecule has 2 aromatic carbocycles. The summed E-state index contributed by atoms with van der Waals surface area (Å²) in [6, 6.07) is 7.71. The maximum absolute atomic E-state index is 14.2. The molecule has 1 fully saturated rings. The average molecular weight is 466 g/mol. The Bertz CT molecular complexity index is 1020. The van der Waals surface area contributed by atoms with Crippen molar-refractivity contribution in [1.82, 2.24) is 0 Å². The van der Waals surface area contributed by atoms with Gasteiger partial charge in [0.15, 0.2) is 29.1 Å². The molecule has 0 radical (unpaired) electrons. The normalized spacial score (nSPS) is 19.3. The lowest BCUT2D eigenvalue weighted by molar-refractivity contribution is -0.140. The van der Waals surface area contributed by atoms with Gasteiger partial charge in [0.2, 0.25) is 0 Å². The van der Waals surface area contributed by atoms with E-state index in [1.807, 2.05) is 0 Å². The number of rotatable bonds is 7. The number of ether oxygens (including phenoxy) is 2. The van der Waals surface area contributed by atoms with E-state index >= 15 is 0 Å². The summed E-state index contributed by atoms with van der Waals surface area (Å²) in [5, 5.41) is 0. The zero-order chi connectivity index (χ0) is 24.0. The predicted octanol–water partition coefficient (Wildman–Crippen LogP) is 7.14. The first kappa shape index (κ1) is 24.5. The second-order valence-electron chi connectivity index (χ2n) is 7.79. The van der Waals surface area contributed by atoms with Crippen LogP contribution in [0, 0.1) is 23.4 Å². The van der Waals surface area contributed by atoms with Crippen LogP contribution in [-0.4, -0.2) is 12.6 Å². The standard InChI is InChI=1S/C25H23F5O3/c1-2-11-32-14-22(28)23(29)17-7-3-15(4-8-17)16-5-9-18(10-6-16)25(31)33-19-12-20(26)24(30)21(27)13-19/h2-4,7-8,11-13,16,18H,5-6,9-10,14H2,1H3. The van der Waals surface area contributed by atoms with Gasteiger partial charge in [-0.3, -0.25) is 4.79 Å². The molecule has 0 aromatic heterocycles. The number of allylic oxidation sites excluding steroid dienone is 1. The van der Waals surface area contributed by atoms with Crippen molar-refractivity contribution in [3.63, 3.8) is 0 Å². The fourth-order valence-electron chi connectivity index (χ4n) is 3.79. The van der Waals surface area contributed by atoms with E-state index in [-0.39, 0.29) is 17.2 Å². The fourth-order valence-corrected chi connectivity index (χ4v) is 3.79. The van der Waals surface area contributed by atoms with Crippen LogP contribution in [0.5, 0.6) is 5.75 Å². The van der Waals surface area contributed by atoms with Gasteiger partial charge in [-0.15, -0.1) is 0 Å². The van der Waals surface area contributed by atoms with Crippen molar-refractivity contribution in [3.8, 4) is 5.75 Å². The van der Waals surface area contributed by atoms with Gasteiger partial charge >= 0.3 is 5.97 Å². The van der Waals surface area contributed by atoms with Crippen molar-refractivity contribution in [1.29, 1.82) is 0 Å². The van der Waals surface area contributed by atoms with Gasteiger partial charge in [-0.1, -0.05) is 30.3 Å². The quantitative estimate of drug-likeness (QED) is 0.143. The van der Waals surface area contributed by atoms with E-state index in [2.05, 4.69) is 0 Å². The van der Waals surface area contributed by atoms with Gasteiger partial charge in [0, 0.05) is 17.7 Å². The van der Waals surface area contributed by atoms with Gasteiger partial charge in [0.25, 0.3) is 0 Å². The highest BCUT2D eigenvalue weighted by molar-refractivity contribution is 5.75. The molecule has 3 nitrogen and oxygen atoms in total. The molecule has 8 heteroatoms. The average Bonchev–Trinajstić information content (AvgIpc) is 2.82. The highest BCUT2D eigenvalue weighted by Gasteiger charge is 2.29. The molecule has 1 aliphatic carbocycles. The van der Waals surface area contributed by atoms with Gasteiger partial charge in [-0.2, -0.15) is 0 Å². The summed E-state index contributed by atoms with van der Waals surface area (Å²) in [6.45, 7) is 1.20. The maximum atomic E-state index is 14.2. The lowest BCUT2D eigenvalue weighted by atomic mass is 9.78. The Hall–Kier alpha value is -3.16. The minimum absolute atomic E-state index is 0.108. The summed E-state index contributed by atoms with van der Waals surface area (Å²) < 4.78 is 77.6. The molecule has 0 N–H and O–H groups in total. The van der Waals surface area contributed by atoms with Crippen molar-refractivity contribution >= 4 is 11.8 Å². The molecular formula is C25H23F5O3. The number of hydrogen-bond donors (Lipinski definition) is 0. The molecule has 0 bridgehead atoms. The van der Waals surface area contributed by atoms with E-state index in [0.29, 0.717) is 37.8 Å². The molecule has 176 valence electrons. The Labute approximate surface area is 188 Å². The number of esters is 1. The molecule has 1 aliphatic rings. The van der Waals surface area contributed by atoms with Crippen LogP contribution >= 0.6 is 0 Å². The van der Waals surface area contributed by atoms with Gasteiger partial charge in [0.05, 0.1) is 12.2 Å². The van der Waals surface area contributed by atoms with Gasteiger partial charge in [0.1, 0.15) is 12.4 Å². The van der Waals surface area contributed by atoms with Crippen LogP contribution in [0.3, 0.4) is 0 Å². The number of benzene rings is 2. The topological polar surface area (TPSA) is 35.5 Å². The summed E-state index contributed by atoms with van der Waals surface area (Å²) in [4.78, 5) is 12.3. The van der Waals surface area contributed by atoms with Crippen LogP contribution in [0.25, 0.3) is 5.83 Å². The molecule has 0 unspecified atom stereocenters. The molecule has 3 rings (SSSR count). The van der Waals surface area contributed by atoms with E-state index < -0.39 is 47.6 Å². The third-order valence-electron chi connectivity index (χ3n) is 5.55. The zero-order valence-electron chi connectivity index (χ0n) is 17.9. The minimum atomic E-state index is -1.62. The molecule has 0 spiro atoms. The first-order valence-corrected chi connectivity index (χ1v) is 10.5. The summed E-state index contributed by atoms with van der Waals surface area (Å²) in [5.41, 5.74) is 1.04. The van der Waals surface area contributed by atoms with Crippen LogP contribution in [-0.2, 0) is 9.53 Å². The second kappa shape index (κ2) is 11.1. The smallest absolute Gasteiger partial charge is 0.314 e. The third kappa shape index (κ3) is 6.21. The summed E-state index contributed by atoms with van der Waals surface area (Å²) in [7, 11) is 0. The largest absolute Gasteiger partial charge is 0.494 e. The van der Waals surface area contributed by atoms with Gasteiger partial charge in [-0.25, -0.2) is 22.0 Å². The lowest BCUT2D eigenvalue weighted by Gasteiger charge is -2.27. The van der Waals surface area contributed by atoms with Crippen LogP contribution in [0.4, 0.5) is 22.0 Å². The Morgan fingerprint density at radius 2 is 1.61 bits per heavy atom. The number of carbonyl (C=O) groups excluding carboxylic acids is 1. The first-order chi connectivity index (χ1) is 15.8. The molecule has 0 amide bonds. The van der Waals surface area contributed by atoms with E-state index in [9.17, 15) is 26.7 Å². The molecule has 0 saturated heterocycles. The zero-order valence-corrected chi connectivity index (χ0v) is 17.9. The Morgan fingerprint density at radius 1 is 1.00 bits per heavy atom. The molecule has 0 heterocycles. The lowest BCUT2D eigenvalue weighted by Crippen LogP contribution is -2.25. The van der Waals surface area contributed by atoms with Crippen molar-refractivity contribution < 1.29 is 36.2 Å². The Balaban J connectivity index is 1.56. The fraction of sp³-hybridized carbons (Fsp3) is 0.320. The summed E-state index contributed by atoms with van der Waals surface area (Å²) in [6.07, 6.45) is 5.12. The number of carbonyl (C=O) groups is 1. The van der Waals surface area contributed by atoms with Crippen molar-refractivity contribution in [2.75, 3.05) is 6.61 Å². The van der Waals surface area contributed by atoms with E-state index in [4.69, 9.17) is 9.47 Å². The Kier molecular flexibility index (Phi) is 8.25. The van der Waals surface area contributed by atoms with Crippen LogP contribution in [0.2, 0.25) is 0 Å². The number of hydrogen-bond acceptors (Lipinski definition) is 3. The van der Waals surface area contributed by atoms with Crippen LogP contribution < -0.4 is 4.74 Å². The van der Waals surface area contributed by atoms with Gasteiger partial charge < -0.3 is 9.47 Å². The molecule has 0 aliphatic heterocycles. The van der Waals surface area contributed by atoms with Crippen LogP contribution in [0.15, 0.2) is 54.6 Å².